The molecule has 2 aromatic carbocycles. The first kappa shape index (κ1) is 18.1. The Kier molecular flexibility index (Phi) is 5.17. The van der Waals surface area contributed by atoms with E-state index in [2.05, 4.69) is 10.3 Å². The molecule has 6 nitrogen and oxygen atoms in total. The standard InChI is InChI=1S/C21H19N3O3/c1-14(25)22-18(12-15-6-4-3-5-7-15)20-23-19(21(27)24(20)2)13-16-8-10-17(26)11-9-16/h3-13,26H,1-2H3,(H,22,25)/b18-12+,19-13-. The fourth-order valence-corrected chi connectivity index (χ4v) is 2.63. The molecule has 27 heavy (non-hydrogen) atoms. The maximum Gasteiger partial charge on any atom is 0.277 e. The number of hydrogen-bond acceptors (Lipinski definition) is 4. The topological polar surface area (TPSA) is 82.0 Å². The van der Waals surface area contributed by atoms with E-state index in [1.165, 1.54) is 24.0 Å². The summed E-state index contributed by atoms with van der Waals surface area (Å²) in [6.45, 7) is 1.41. The average Bonchev–Trinajstić information content (AvgIpc) is 2.92. The van der Waals surface area contributed by atoms with Crippen molar-refractivity contribution in [2.75, 3.05) is 7.05 Å². The van der Waals surface area contributed by atoms with Crippen LogP contribution in [0.15, 0.2) is 71.0 Å². The number of rotatable bonds is 4. The number of phenols is 1. The Balaban J connectivity index is 2.00. The number of phenolic OH excluding ortho intramolecular Hbond substituents is 1. The van der Waals surface area contributed by atoms with Crippen molar-refractivity contribution in [2.24, 2.45) is 4.99 Å². The second kappa shape index (κ2) is 7.70. The lowest BCUT2D eigenvalue weighted by molar-refractivity contribution is -0.122. The van der Waals surface area contributed by atoms with Crippen LogP contribution in [0.3, 0.4) is 0 Å². The molecule has 0 fully saturated rings. The van der Waals surface area contributed by atoms with Crippen molar-refractivity contribution >= 4 is 29.8 Å². The molecule has 0 unspecified atom stereocenters. The molecule has 6 heteroatoms. The van der Waals surface area contributed by atoms with Crippen LogP contribution in [0.5, 0.6) is 5.75 Å². The summed E-state index contributed by atoms with van der Waals surface area (Å²) in [7, 11) is 1.61. The Morgan fingerprint density at radius 1 is 1.07 bits per heavy atom. The van der Waals surface area contributed by atoms with Gasteiger partial charge in [-0.15, -0.1) is 0 Å². The van der Waals surface area contributed by atoms with Crippen molar-refractivity contribution in [3.63, 3.8) is 0 Å². The van der Waals surface area contributed by atoms with Crippen LogP contribution in [0.1, 0.15) is 18.1 Å². The second-order valence-electron chi connectivity index (χ2n) is 6.07. The van der Waals surface area contributed by atoms with Crippen molar-refractivity contribution in [3.8, 4) is 5.75 Å². The van der Waals surface area contributed by atoms with Gasteiger partial charge in [-0.2, -0.15) is 0 Å². The van der Waals surface area contributed by atoms with Crippen molar-refractivity contribution in [2.45, 2.75) is 6.92 Å². The number of carbonyl (C=O) groups is 2. The highest BCUT2D eigenvalue weighted by atomic mass is 16.3. The van der Waals surface area contributed by atoms with Crippen LogP contribution in [0.2, 0.25) is 0 Å². The summed E-state index contributed by atoms with van der Waals surface area (Å²) in [6, 6.07) is 15.9. The summed E-state index contributed by atoms with van der Waals surface area (Å²) in [6.07, 6.45) is 3.41. The molecule has 2 amide bonds. The normalized spacial score (nSPS) is 15.9. The van der Waals surface area contributed by atoms with E-state index in [0.717, 1.165) is 11.1 Å². The third-order valence-electron chi connectivity index (χ3n) is 3.93. The molecule has 136 valence electrons. The smallest absolute Gasteiger partial charge is 0.277 e. The van der Waals surface area contributed by atoms with Gasteiger partial charge in [-0.1, -0.05) is 42.5 Å². The van der Waals surface area contributed by atoms with Gasteiger partial charge < -0.3 is 10.4 Å². The lowest BCUT2D eigenvalue weighted by Crippen LogP contribution is -2.35. The van der Waals surface area contributed by atoms with E-state index in [-0.39, 0.29) is 23.3 Å². The van der Waals surface area contributed by atoms with Crippen LogP contribution in [0, 0.1) is 0 Å². The van der Waals surface area contributed by atoms with Gasteiger partial charge in [0.05, 0.1) is 5.70 Å². The molecule has 0 saturated carbocycles. The lowest BCUT2D eigenvalue weighted by Gasteiger charge is -2.15. The number of carbonyl (C=O) groups excluding carboxylic acids is 2. The van der Waals surface area contributed by atoms with Gasteiger partial charge in [0.1, 0.15) is 11.4 Å². The maximum atomic E-state index is 12.6. The van der Waals surface area contributed by atoms with Gasteiger partial charge in [-0.25, -0.2) is 4.99 Å². The molecule has 0 saturated heterocycles. The van der Waals surface area contributed by atoms with E-state index < -0.39 is 0 Å². The van der Waals surface area contributed by atoms with Crippen LogP contribution >= 0.6 is 0 Å². The van der Waals surface area contributed by atoms with Gasteiger partial charge in [0.15, 0.2) is 5.84 Å². The second-order valence-corrected chi connectivity index (χ2v) is 6.07. The van der Waals surface area contributed by atoms with Gasteiger partial charge in [0.2, 0.25) is 5.91 Å². The number of aliphatic imine (C=N–C) groups is 1. The average molecular weight is 361 g/mol. The maximum absolute atomic E-state index is 12.6. The molecular formula is C21H19N3O3. The third-order valence-corrected chi connectivity index (χ3v) is 3.93. The molecule has 2 N–H and O–H groups in total. The van der Waals surface area contributed by atoms with Gasteiger partial charge in [-0.3, -0.25) is 14.5 Å². The van der Waals surface area contributed by atoms with Crippen molar-refractivity contribution in [3.05, 3.63) is 77.1 Å². The predicted octanol–water partition coefficient (Wildman–Crippen LogP) is 2.78. The molecule has 1 heterocycles. The first-order valence-electron chi connectivity index (χ1n) is 8.36. The molecule has 0 aromatic heterocycles. The molecule has 0 radical (unpaired) electrons. The molecule has 0 spiro atoms. The van der Waals surface area contributed by atoms with E-state index in [1.54, 1.807) is 31.3 Å². The van der Waals surface area contributed by atoms with Crippen LogP contribution in [-0.4, -0.2) is 34.7 Å². The molecular weight excluding hydrogens is 342 g/mol. The number of nitrogens with one attached hydrogen (secondary N) is 1. The highest BCUT2D eigenvalue weighted by Crippen LogP contribution is 2.21. The Labute approximate surface area is 157 Å². The summed E-state index contributed by atoms with van der Waals surface area (Å²) in [5.74, 6) is -0.0156. The minimum absolute atomic E-state index is 0.148. The fraction of sp³-hybridized carbons (Fsp3) is 0.0952. The summed E-state index contributed by atoms with van der Waals surface area (Å²) in [5, 5.41) is 12.1. The first-order chi connectivity index (χ1) is 12.9. The molecule has 2 aromatic rings. The zero-order valence-electron chi connectivity index (χ0n) is 15.0. The number of aromatic hydroxyl groups is 1. The van der Waals surface area contributed by atoms with Gasteiger partial charge in [-0.05, 0) is 35.4 Å². The predicted molar refractivity (Wildman–Crippen MR) is 105 cm³/mol. The Morgan fingerprint density at radius 2 is 1.74 bits per heavy atom. The zero-order chi connectivity index (χ0) is 19.4. The monoisotopic (exact) mass is 361 g/mol. The van der Waals surface area contributed by atoms with E-state index in [1.807, 2.05) is 30.3 Å². The minimum Gasteiger partial charge on any atom is -0.508 e. The van der Waals surface area contributed by atoms with Crippen LogP contribution in [0.4, 0.5) is 0 Å². The number of benzene rings is 2. The number of amides is 2. The molecule has 0 bridgehead atoms. The first-order valence-corrected chi connectivity index (χ1v) is 8.36. The number of nitrogens with zero attached hydrogens (tertiary/aromatic N) is 2. The number of amidine groups is 1. The van der Waals surface area contributed by atoms with Gasteiger partial charge >= 0.3 is 0 Å². The molecule has 1 aliphatic rings. The van der Waals surface area contributed by atoms with E-state index in [0.29, 0.717) is 11.5 Å². The van der Waals surface area contributed by atoms with Gasteiger partial charge in [0, 0.05) is 14.0 Å². The van der Waals surface area contributed by atoms with E-state index in [9.17, 15) is 14.7 Å². The largest absolute Gasteiger partial charge is 0.508 e. The van der Waals surface area contributed by atoms with Crippen LogP contribution in [0.25, 0.3) is 12.2 Å². The Bertz CT molecular complexity index is 958. The SMILES string of the molecule is CC(=O)N/C(=C/c1ccccc1)C1=N/C(=C\c2ccc(O)cc2)C(=O)N1C. The van der Waals surface area contributed by atoms with E-state index >= 15 is 0 Å². The quantitative estimate of drug-likeness (QED) is 0.822. The summed E-state index contributed by atoms with van der Waals surface area (Å²) in [4.78, 5) is 30.1. The van der Waals surface area contributed by atoms with E-state index in [4.69, 9.17) is 0 Å². The van der Waals surface area contributed by atoms with Crippen molar-refractivity contribution < 1.29 is 14.7 Å². The minimum atomic E-state index is -0.276. The van der Waals surface area contributed by atoms with Crippen LogP contribution < -0.4 is 5.32 Å². The third kappa shape index (κ3) is 4.30. The number of likely N-dealkylation sites (N-methyl/N-ethyl adjacent to an activating group) is 1. The van der Waals surface area contributed by atoms with Crippen LogP contribution in [-0.2, 0) is 9.59 Å². The highest BCUT2D eigenvalue weighted by molar-refractivity contribution is 6.21. The molecule has 3 rings (SSSR count). The number of hydrogen-bond donors (Lipinski definition) is 2. The molecule has 0 aliphatic carbocycles. The van der Waals surface area contributed by atoms with Gasteiger partial charge in [0.25, 0.3) is 5.91 Å². The highest BCUT2D eigenvalue weighted by Gasteiger charge is 2.29. The summed E-state index contributed by atoms with van der Waals surface area (Å²) in [5.41, 5.74) is 2.31. The zero-order valence-corrected chi connectivity index (χ0v) is 15.0. The van der Waals surface area contributed by atoms with Crippen molar-refractivity contribution in [1.82, 2.24) is 10.2 Å². The molecule has 1 aliphatic heterocycles. The van der Waals surface area contributed by atoms with Crippen molar-refractivity contribution in [1.29, 1.82) is 0 Å². The molecule has 0 atom stereocenters. The fourth-order valence-electron chi connectivity index (χ4n) is 2.63. The Morgan fingerprint density at radius 3 is 2.37 bits per heavy atom. The lowest BCUT2D eigenvalue weighted by atomic mass is 10.2. The Hall–Kier alpha value is -3.67. The summed E-state index contributed by atoms with van der Waals surface area (Å²) >= 11 is 0. The summed E-state index contributed by atoms with van der Waals surface area (Å²) < 4.78 is 0.